The molecule has 2 amide bonds. The number of ether oxygens (including phenoxy) is 2. The lowest BCUT2D eigenvalue weighted by atomic mass is 9.88. The number of rotatable bonds is 6. The lowest BCUT2D eigenvalue weighted by Crippen LogP contribution is -2.64. The van der Waals surface area contributed by atoms with Gasteiger partial charge in [-0.2, -0.15) is 39.5 Å². The van der Waals surface area contributed by atoms with Gasteiger partial charge in [0.05, 0.1) is 35.6 Å². The van der Waals surface area contributed by atoms with Crippen molar-refractivity contribution < 1.29 is 58.6 Å². The Morgan fingerprint density at radius 3 is 1.95 bits per heavy atom. The molecular formula is C26H25F9N2O4. The summed E-state index contributed by atoms with van der Waals surface area (Å²) in [6.07, 6.45) is -17.3. The van der Waals surface area contributed by atoms with Crippen molar-refractivity contribution in [2.24, 2.45) is 0 Å². The molecule has 6 nitrogen and oxygen atoms in total. The largest absolute Gasteiger partial charge is 0.449 e. The molecule has 0 saturated carbocycles. The first-order chi connectivity index (χ1) is 18.9. The van der Waals surface area contributed by atoms with Crippen molar-refractivity contribution in [1.29, 1.82) is 0 Å². The summed E-state index contributed by atoms with van der Waals surface area (Å²) in [7, 11) is 0. The maximum Gasteiger partial charge on any atom is 0.416 e. The molecule has 0 bridgehead atoms. The van der Waals surface area contributed by atoms with Crippen LogP contribution in [0.2, 0.25) is 0 Å². The Hall–Kier alpha value is -3.65. The van der Waals surface area contributed by atoms with Crippen LogP contribution in [0.4, 0.5) is 54.8 Å². The minimum absolute atomic E-state index is 0.0216. The normalized spacial score (nSPS) is 17.6. The third-order valence-electron chi connectivity index (χ3n) is 6.53. The highest BCUT2D eigenvalue weighted by molar-refractivity contribution is 5.92. The summed E-state index contributed by atoms with van der Waals surface area (Å²) < 4.78 is 128. The average Bonchev–Trinajstić information content (AvgIpc) is 2.86. The zero-order chi connectivity index (χ0) is 30.8. The molecule has 1 unspecified atom stereocenters. The number of alkyl carbamates (subject to hydrolysis) is 1. The molecule has 15 heteroatoms. The van der Waals surface area contributed by atoms with E-state index in [1.807, 2.05) is 0 Å². The van der Waals surface area contributed by atoms with E-state index in [0.29, 0.717) is 12.1 Å². The van der Waals surface area contributed by atoms with Crippen molar-refractivity contribution in [3.63, 3.8) is 0 Å². The van der Waals surface area contributed by atoms with Crippen LogP contribution in [0.25, 0.3) is 0 Å². The van der Waals surface area contributed by atoms with Crippen LogP contribution in [0.15, 0.2) is 36.4 Å². The first-order valence-corrected chi connectivity index (χ1v) is 12.3. The predicted molar refractivity (Wildman–Crippen MR) is 127 cm³/mol. The van der Waals surface area contributed by atoms with Crippen LogP contribution in [-0.4, -0.2) is 31.1 Å². The van der Waals surface area contributed by atoms with Gasteiger partial charge >= 0.3 is 30.7 Å². The fourth-order valence-electron chi connectivity index (χ4n) is 4.52. The fraction of sp³-hybridized carbons (Fsp3) is 0.462. The van der Waals surface area contributed by atoms with Crippen LogP contribution in [0.3, 0.4) is 0 Å². The summed E-state index contributed by atoms with van der Waals surface area (Å²) in [6, 6.07) is 3.75. The molecule has 2 aromatic carbocycles. The van der Waals surface area contributed by atoms with Crippen molar-refractivity contribution in [1.82, 2.24) is 5.32 Å². The molecule has 1 atom stereocenters. The molecule has 2 aromatic rings. The topological polar surface area (TPSA) is 67.9 Å². The van der Waals surface area contributed by atoms with Gasteiger partial charge in [-0.3, -0.25) is 10.2 Å². The highest BCUT2D eigenvalue weighted by Gasteiger charge is 2.46. The molecule has 1 aliphatic heterocycles. The number of hydrogen-bond donors (Lipinski definition) is 1. The number of alkyl halides is 9. The average molecular weight is 600 g/mol. The first-order valence-electron chi connectivity index (χ1n) is 12.3. The van der Waals surface area contributed by atoms with Crippen LogP contribution in [-0.2, 0) is 40.8 Å². The molecule has 226 valence electrons. The number of halogens is 9. The maximum absolute atomic E-state index is 13.2. The number of carbonyl (C=O) groups is 2. The minimum atomic E-state index is -5.05. The molecule has 1 N–H and O–H groups in total. The summed E-state index contributed by atoms with van der Waals surface area (Å²) in [5, 5.41) is 2.50. The molecular weight excluding hydrogens is 575 g/mol. The monoisotopic (exact) mass is 600 g/mol. The van der Waals surface area contributed by atoms with Gasteiger partial charge in [-0.05, 0) is 73.7 Å². The quantitative estimate of drug-likeness (QED) is 0.345. The third-order valence-corrected chi connectivity index (χ3v) is 6.53. The second kappa shape index (κ2) is 11.7. The fourth-order valence-corrected chi connectivity index (χ4v) is 4.52. The molecule has 41 heavy (non-hydrogen) atoms. The van der Waals surface area contributed by atoms with E-state index in [-0.39, 0.29) is 48.8 Å². The van der Waals surface area contributed by atoms with E-state index in [0.717, 1.165) is 23.1 Å². The lowest BCUT2D eigenvalue weighted by Gasteiger charge is -2.46. The summed E-state index contributed by atoms with van der Waals surface area (Å²) in [5.41, 5.74) is -5.63. The third kappa shape index (κ3) is 7.36. The minimum Gasteiger partial charge on any atom is -0.449 e. The van der Waals surface area contributed by atoms with Gasteiger partial charge in [0.1, 0.15) is 5.66 Å². The number of anilines is 1. The zero-order valence-electron chi connectivity index (χ0n) is 21.7. The second-order valence-electron chi connectivity index (χ2n) is 9.19. The summed E-state index contributed by atoms with van der Waals surface area (Å²) >= 11 is 0. The Balaban J connectivity index is 1.82. The summed E-state index contributed by atoms with van der Waals surface area (Å²) in [4.78, 5) is 26.7. The van der Waals surface area contributed by atoms with Crippen LogP contribution >= 0.6 is 0 Å². The highest BCUT2D eigenvalue weighted by atomic mass is 19.4. The molecule has 1 aliphatic rings. The lowest BCUT2D eigenvalue weighted by molar-refractivity contribution is -0.143. The summed E-state index contributed by atoms with van der Waals surface area (Å²) in [6.45, 7) is 2.38. The Bertz CT molecular complexity index is 1240. The summed E-state index contributed by atoms with van der Waals surface area (Å²) in [5.74, 6) is 0. The van der Waals surface area contributed by atoms with E-state index in [1.165, 1.54) is 6.92 Å². The van der Waals surface area contributed by atoms with E-state index in [4.69, 9.17) is 9.47 Å². The smallest absolute Gasteiger partial charge is 0.416 e. The van der Waals surface area contributed by atoms with Crippen LogP contribution in [0, 0.1) is 0 Å². The number of nitrogens with one attached hydrogen (secondary N) is 1. The van der Waals surface area contributed by atoms with E-state index < -0.39 is 66.1 Å². The molecule has 3 rings (SSSR count). The van der Waals surface area contributed by atoms with Gasteiger partial charge in [0.2, 0.25) is 0 Å². The van der Waals surface area contributed by atoms with Crippen molar-refractivity contribution in [3.05, 3.63) is 64.2 Å². The van der Waals surface area contributed by atoms with E-state index in [9.17, 15) is 49.1 Å². The molecule has 0 spiro atoms. The zero-order valence-corrected chi connectivity index (χ0v) is 21.7. The van der Waals surface area contributed by atoms with Crippen molar-refractivity contribution in [2.75, 3.05) is 18.1 Å². The van der Waals surface area contributed by atoms with E-state index >= 15 is 0 Å². The highest BCUT2D eigenvalue weighted by Crippen LogP contribution is 2.41. The van der Waals surface area contributed by atoms with Crippen LogP contribution in [0.5, 0.6) is 0 Å². The number of amides is 2. The van der Waals surface area contributed by atoms with Crippen molar-refractivity contribution in [3.8, 4) is 0 Å². The molecule has 0 aliphatic carbocycles. The molecule has 0 fully saturated rings. The van der Waals surface area contributed by atoms with Gasteiger partial charge < -0.3 is 9.47 Å². The van der Waals surface area contributed by atoms with Crippen molar-refractivity contribution >= 4 is 17.9 Å². The van der Waals surface area contributed by atoms with Crippen LogP contribution in [0.1, 0.15) is 54.5 Å². The first kappa shape index (κ1) is 31.9. The van der Waals surface area contributed by atoms with Gasteiger partial charge in [0, 0.05) is 6.42 Å². The Morgan fingerprint density at radius 2 is 1.44 bits per heavy atom. The number of benzene rings is 2. The van der Waals surface area contributed by atoms with Gasteiger partial charge in [-0.1, -0.05) is 6.92 Å². The van der Waals surface area contributed by atoms with E-state index in [1.54, 1.807) is 6.92 Å². The SMILES string of the molecule is CCOC(=O)N1c2ccc(C(F)(F)F)cc2CCC1(CC)NC(=O)OCCc1cc(C(F)(F)F)cc(C(F)(F)F)c1. The number of fused-ring (bicyclic) bond motifs is 1. The number of carbonyl (C=O) groups excluding carboxylic acids is 2. The standard InChI is InChI=1S/C26H25F9N2O4/c1-3-23(9-7-16-13-17(24(27,28)29)5-6-20(16)37(23)22(39)40-4-2)36-21(38)41-10-8-15-11-18(25(30,31)32)14-19(12-15)26(33,34)35/h5-6,11-14H,3-4,7-10H2,1-2H3,(H,36,38). The van der Waals surface area contributed by atoms with Crippen LogP contribution < -0.4 is 10.2 Å². The Morgan fingerprint density at radius 1 is 0.854 bits per heavy atom. The predicted octanol–water partition coefficient (Wildman–Crippen LogP) is 7.73. The van der Waals surface area contributed by atoms with Crippen molar-refractivity contribution in [2.45, 2.75) is 63.7 Å². The molecule has 0 saturated heterocycles. The van der Waals surface area contributed by atoms with Gasteiger partial charge in [0.25, 0.3) is 0 Å². The van der Waals surface area contributed by atoms with Gasteiger partial charge in [0.15, 0.2) is 0 Å². The molecule has 1 heterocycles. The number of aryl methyl sites for hydroxylation is 1. The molecule has 0 aromatic heterocycles. The van der Waals surface area contributed by atoms with Gasteiger partial charge in [-0.15, -0.1) is 0 Å². The van der Waals surface area contributed by atoms with Gasteiger partial charge in [-0.25, -0.2) is 9.59 Å². The number of hydrogen-bond acceptors (Lipinski definition) is 4. The Labute approximate surface area is 228 Å². The Kier molecular flexibility index (Phi) is 9.08. The molecule has 0 radical (unpaired) electrons. The number of nitrogens with zero attached hydrogens (tertiary/aromatic N) is 1. The van der Waals surface area contributed by atoms with E-state index in [2.05, 4.69) is 5.32 Å². The maximum atomic E-state index is 13.2. The second-order valence-corrected chi connectivity index (χ2v) is 9.19.